The van der Waals surface area contributed by atoms with E-state index in [2.05, 4.69) is 10.1 Å². The molecule has 0 radical (unpaired) electrons. The molecular formula is C23H14N4O5. The molecule has 156 valence electrons. The molecule has 0 fully saturated rings. The van der Waals surface area contributed by atoms with Crippen molar-refractivity contribution in [3.05, 3.63) is 70.3 Å². The zero-order chi connectivity index (χ0) is 21.4. The minimum absolute atomic E-state index is 0.195. The van der Waals surface area contributed by atoms with Crippen molar-refractivity contribution in [3.8, 4) is 34.5 Å². The third kappa shape index (κ3) is 2.27. The van der Waals surface area contributed by atoms with Crippen LogP contribution in [-0.4, -0.2) is 26.4 Å². The van der Waals surface area contributed by atoms with Crippen molar-refractivity contribution in [3.63, 3.8) is 0 Å². The number of benzene rings is 2. The van der Waals surface area contributed by atoms with Crippen LogP contribution in [0.5, 0.6) is 23.1 Å². The molecule has 3 aromatic heterocycles. The van der Waals surface area contributed by atoms with Crippen molar-refractivity contribution in [1.82, 2.24) is 19.6 Å². The summed E-state index contributed by atoms with van der Waals surface area (Å²) in [7, 11) is 0. The number of nitrogens with zero attached hydrogens (tertiary/aromatic N) is 4. The van der Waals surface area contributed by atoms with Gasteiger partial charge in [-0.2, -0.15) is 0 Å². The number of fused-ring (bicyclic) bond motifs is 7. The summed E-state index contributed by atoms with van der Waals surface area (Å²) in [6, 6.07) is 12.8. The van der Waals surface area contributed by atoms with Gasteiger partial charge >= 0.3 is 5.63 Å². The van der Waals surface area contributed by atoms with Crippen LogP contribution in [0.3, 0.4) is 0 Å². The SMILES string of the molecule is CC1c2c(c3ccccc3oc2=O)Oc2ncn3nc(-c4ccc5c(c4)OCO5)nc3c21. The summed E-state index contributed by atoms with van der Waals surface area (Å²) in [6.07, 6.45) is 1.56. The van der Waals surface area contributed by atoms with Crippen molar-refractivity contribution < 1.29 is 18.6 Å². The quantitative estimate of drug-likeness (QED) is 0.372. The summed E-state index contributed by atoms with van der Waals surface area (Å²) in [6.45, 7) is 2.11. The molecule has 0 bridgehead atoms. The third-order valence-corrected chi connectivity index (χ3v) is 5.88. The summed E-state index contributed by atoms with van der Waals surface area (Å²) >= 11 is 0. The molecule has 0 aliphatic carbocycles. The van der Waals surface area contributed by atoms with Crippen LogP contribution >= 0.6 is 0 Å². The van der Waals surface area contributed by atoms with E-state index < -0.39 is 5.63 Å². The molecule has 9 heteroatoms. The zero-order valence-corrected chi connectivity index (χ0v) is 16.7. The van der Waals surface area contributed by atoms with Crippen molar-refractivity contribution in [2.45, 2.75) is 12.8 Å². The molecule has 9 nitrogen and oxygen atoms in total. The van der Waals surface area contributed by atoms with E-state index in [0.29, 0.717) is 51.3 Å². The highest BCUT2D eigenvalue weighted by Gasteiger charge is 2.33. The van der Waals surface area contributed by atoms with Crippen LogP contribution in [-0.2, 0) is 0 Å². The maximum Gasteiger partial charge on any atom is 0.343 e. The molecule has 1 unspecified atom stereocenters. The second kappa shape index (κ2) is 6.07. The highest BCUT2D eigenvalue weighted by molar-refractivity contribution is 5.86. The molecule has 7 rings (SSSR count). The van der Waals surface area contributed by atoms with Crippen LogP contribution in [0.25, 0.3) is 28.0 Å². The van der Waals surface area contributed by atoms with Crippen LogP contribution in [0.1, 0.15) is 24.0 Å². The average Bonchev–Trinajstić information content (AvgIpc) is 3.45. The Bertz CT molecular complexity index is 1640. The normalized spacial score (nSPS) is 16.1. The third-order valence-electron chi connectivity index (χ3n) is 5.88. The van der Waals surface area contributed by atoms with Crippen molar-refractivity contribution in [2.75, 3.05) is 6.79 Å². The van der Waals surface area contributed by atoms with Crippen LogP contribution in [0.4, 0.5) is 0 Å². The number of rotatable bonds is 1. The smallest absolute Gasteiger partial charge is 0.343 e. The molecule has 1 atom stereocenters. The van der Waals surface area contributed by atoms with E-state index >= 15 is 0 Å². The van der Waals surface area contributed by atoms with Crippen LogP contribution in [0.2, 0.25) is 0 Å². The lowest BCUT2D eigenvalue weighted by Gasteiger charge is -2.24. The van der Waals surface area contributed by atoms with E-state index in [4.69, 9.17) is 23.6 Å². The summed E-state index contributed by atoms with van der Waals surface area (Å²) in [5, 5.41) is 5.29. The molecule has 0 saturated carbocycles. The maximum atomic E-state index is 12.8. The van der Waals surface area contributed by atoms with E-state index in [-0.39, 0.29) is 12.7 Å². The van der Waals surface area contributed by atoms with Crippen molar-refractivity contribution >= 4 is 16.6 Å². The Balaban J connectivity index is 1.42. The second-order valence-corrected chi connectivity index (χ2v) is 7.69. The Morgan fingerprint density at radius 3 is 2.88 bits per heavy atom. The molecular weight excluding hydrogens is 412 g/mol. The molecule has 2 aromatic carbocycles. The molecule has 2 aliphatic rings. The molecule has 0 saturated heterocycles. The summed E-state index contributed by atoms with van der Waals surface area (Å²) in [5.41, 5.74) is 2.51. The Labute approximate surface area is 179 Å². The first-order valence-electron chi connectivity index (χ1n) is 10.1. The van der Waals surface area contributed by atoms with Crippen molar-refractivity contribution in [2.24, 2.45) is 0 Å². The molecule has 5 heterocycles. The fraction of sp³-hybridized carbons (Fsp3) is 0.130. The first kappa shape index (κ1) is 17.3. The summed E-state index contributed by atoms with van der Waals surface area (Å²) in [5.74, 6) is 2.37. The van der Waals surface area contributed by atoms with Gasteiger partial charge in [0.2, 0.25) is 12.7 Å². The van der Waals surface area contributed by atoms with Crippen LogP contribution < -0.4 is 19.8 Å². The van der Waals surface area contributed by atoms with Gasteiger partial charge in [-0.05, 0) is 30.3 Å². The fourth-order valence-electron chi connectivity index (χ4n) is 4.34. The predicted octanol–water partition coefficient (Wildman–Crippen LogP) is 3.88. The molecule has 0 N–H and O–H groups in total. The lowest BCUT2D eigenvalue weighted by Crippen LogP contribution is -2.19. The van der Waals surface area contributed by atoms with E-state index in [1.807, 2.05) is 43.3 Å². The first-order chi connectivity index (χ1) is 15.7. The van der Waals surface area contributed by atoms with Gasteiger partial charge in [0.15, 0.2) is 28.7 Å². The monoisotopic (exact) mass is 426 g/mol. The van der Waals surface area contributed by atoms with Gasteiger partial charge in [-0.1, -0.05) is 19.1 Å². The number of para-hydroxylation sites is 1. The Morgan fingerprint density at radius 1 is 1.06 bits per heavy atom. The molecule has 2 aliphatic heterocycles. The number of aromatic nitrogens is 4. The zero-order valence-electron chi connectivity index (χ0n) is 16.7. The van der Waals surface area contributed by atoms with Gasteiger partial charge in [0.05, 0.1) is 16.5 Å². The molecule has 0 spiro atoms. The van der Waals surface area contributed by atoms with Gasteiger partial charge in [0, 0.05) is 11.5 Å². The lowest BCUT2D eigenvalue weighted by molar-refractivity contribution is 0.174. The number of hydrogen-bond acceptors (Lipinski definition) is 8. The molecule has 5 aromatic rings. The first-order valence-corrected chi connectivity index (χ1v) is 10.1. The summed E-state index contributed by atoms with van der Waals surface area (Å²) < 4.78 is 24.1. The highest BCUT2D eigenvalue weighted by Crippen LogP contribution is 2.46. The predicted molar refractivity (Wildman–Crippen MR) is 112 cm³/mol. The minimum atomic E-state index is -0.436. The molecule has 32 heavy (non-hydrogen) atoms. The van der Waals surface area contributed by atoms with E-state index in [1.54, 1.807) is 16.9 Å². The van der Waals surface area contributed by atoms with E-state index in [1.165, 1.54) is 0 Å². The summed E-state index contributed by atoms with van der Waals surface area (Å²) in [4.78, 5) is 22.0. The Hall–Kier alpha value is -4.40. The number of ether oxygens (including phenoxy) is 3. The van der Waals surface area contributed by atoms with Gasteiger partial charge in [0.25, 0.3) is 0 Å². The van der Waals surface area contributed by atoms with E-state index in [9.17, 15) is 4.79 Å². The Morgan fingerprint density at radius 2 is 1.94 bits per heavy atom. The average molecular weight is 426 g/mol. The lowest BCUT2D eigenvalue weighted by atomic mass is 9.92. The maximum absolute atomic E-state index is 12.8. The van der Waals surface area contributed by atoms with Crippen LogP contribution in [0, 0.1) is 0 Å². The second-order valence-electron chi connectivity index (χ2n) is 7.69. The highest BCUT2D eigenvalue weighted by atomic mass is 16.7. The van der Waals surface area contributed by atoms with Crippen LogP contribution in [0.15, 0.2) is 58.0 Å². The molecule has 0 amide bonds. The fourth-order valence-corrected chi connectivity index (χ4v) is 4.34. The van der Waals surface area contributed by atoms with Gasteiger partial charge in [-0.15, -0.1) is 5.10 Å². The largest absolute Gasteiger partial charge is 0.454 e. The van der Waals surface area contributed by atoms with Gasteiger partial charge in [0.1, 0.15) is 11.9 Å². The van der Waals surface area contributed by atoms with E-state index in [0.717, 1.165) is 10.9 Å². The Kier molecular flexibility index (Phi) is 3.28. The van der Waals surface area contributed by atoms with Crippen molar-refractivity contribution in [1.29, 1.82) is 0 Å². The van der Waals surface area contributed by atoms with Gasteiger partial charge < -0.3 is 18.6 Å². The topological polar surface area (TPSA) is 101 Å². The van der Waals surface area contributed by atoms with Gasteiger partial charge in [-0.3, -0.25) is 0 Å². The number of hydrogen-bond donors (Lipinski definition) is 0. The van der Waals surface area contributed by atoms with Gasteiger partial charge in [-0.25, -0.2) is 19.3 Å². The standard InChI is InChI=1S/C23H14N4O5/c1-11-17-19(13-4-2-3-5-14(13)31-23(17)28)32-22-18(11)21-25-20(26-27(21)9-24-22)12-6-7-15-16(8-12)30-10-29-15/h2-9,11H,10H2,1H3. The minimum Gasteiger partial charge on any atom is -0.454 e.